The lowest BCUT2D eigenvalue weighted by Crippen LogP contribution is -2.41. The van der Waals surface area contributed by atoms with Crippen molar-refractivity contribution in [3.63, 3.8) is 0 Å². The van der Waals surface area contributed by atoms with Crippen molar-refractivity contribution in [2.45, 2.75) is 38.7 Å². The largest absolute Gasteiger partial charge is 0.379 e. The second-order valence-electron chi connectivity index (χ2n) is 6.87. The second kappa shape index (κ2) is 7.58. The first-order valence-electron chi connectivity index (χ1n) is 8.75. The van der Waals surface area contributed by atoms with Gasteiger partial charge < -0.3 is 14.4 Å². The van der Waals surface area contributed by atoms with Crippen molar-refractivity contribution in [2.75, 3.05) is 39.5 Å². The molecule has 0 saturated carbocycles. The van der Waals surface area contributed by atoms with Crippen LogP contribution in [0, 0.1) is 5.41 Å². The first-order valence-corrected chi connectivity index (χ1v) is 8.75. The zero-order chi connectivity index (χ0) is 15.3. The molecule has 0 aliphatic carbocycles. The van der Waals surface area contributed by atoms with E-state index in [1.165, 1.54) is 44.5 Å². The van der Waals surface area contributed by atoms with Gasteiger partial charge in [-0.3, -0.25) is 0 Å². The topological polar surface area (TPSA) is 21.7 Å². The zero-order valence-corrected chi connectivity index (χ0v) is 13.8. The molecule has 2 saturated heterocycles. The van der Waals surface area contributed by atoms with E-state index in [4.69, 9.17) is 9.47 Å². The highest BCUT2D eigenvalue weighted by molar-refractivity contribution is 5.14. The summed E-state index contributed by atoms with van der Waals surface area (Å²) < 4.78 is 11.5. The molecule has 122 valence electrons. The summed E-state index contributed by atoms with van der Waals surface area (Å²) in [6, 6.07) is 10.8. The molecule has 0 bridgehead atoms. The third-order valence-electron chi connectivity index (χ3n) is 5.27. The summed E-state index contributed by atoms with van der Waals surface area (Å²) in [5, 5.41) is 0. The van der Waals surface area contributed by atoms with Gasteiger partial charge >= 0.3 is 0 Å². The summed E-state index contributed by atoms with van der Waals surface area (Å²) in [6.45, 7) is 8.18. The average molecular weight is 303 g/mol. The van der Waals surface area contributed by atoms with Crippen molar-refractivity contribution in [1.29, 1.82) is 0 Å². The Morgan fingerprint density at radius 3 is 2.73 bits per heavy atom. The predicted octanol–water partition coefficient (Wildman–Crippen LogP) is 3.14. The maximum atomic E-state index is 5.97. The summed E-state index contributed by atoms with van der Waals surface area (Å²) in [6.07, 6.45) is 5.25. The number of hydrogen-bond donors (Lipinski definition) is 0. The number of likely N-dealkylation sites (tertiary alicyclic amines) is 1. The van der Waals surface area contributed by atoms with E-state index in [2.05, 4.69) is 42.2 Å². The Morgan fingerprint density at radius 1 is 1.23 bits per heavy atom. The summed E-state index contributed by atoms with van der Waals surface area (Å²) in [5.41, 5.74) is 1.88. The molecular weight excluding hydrogens is 274 g/mol. The smallest absolute Gasteiger partial charge is 0.0814 e. The highest BCUT2D eigenvalue weighted by Gasteiger charge is 2.42. The normalized spacial score (nSPS) is 24.9. The highest BCUT2D eigenvalue weighted by Crippen LogP contribution is 2.41. The molecule has 1 spiro atoms. The van der Waals surface area contributed by atoms with E-state index < -0.39 is 0 Å². The molecule has 2 aliphatic heterocycles. The minimum atomic E-state index is 0.329. The fraction of sp³-hybridized carbons (Fsp3) is 0.684. The molecule has 2 aliphatic rings. The van der Waals surface area contributed by atoms with E-state index in [1.807, 2.05) is 0 Å². The van der Waals surface area contributed by atoms with Gasteiger partial charge in [-0.15, -0.1) is 0 Å². The zero-order valence-electron chi connectivity index (χ0n) is 13.8. The van der Waals surface area contributed by atoms with Crippen LogP contribution in [0.4, 0.5) is 0 Å². The van der Waals surface area contributed by atoms with Crippen molar-refractivity contribution in [3.05, 3.63) is 35.9 Å². The Balaban J connectivity index is 1.41. The molecular formula is C19H29NO2. The van der Waals surface area contributed by atoms with E-state index in [0.717, 1.165) is 26.2 Å². The molecule has 0 aromatic heterocycles. The maximum absolute atomic E-state index is 5.97. The van der Waals surface area contributed by atoms with Gasteiger partial charge in [-0.05, 0) is 56.7 Å². The van der Waals surface area contributed by atoms with Crippen molar-refractivity contribution in [3.8, 4) is 0 Å². The Morgan fingerprint density at radius 2 is 2.00 bits per heavy atom. The van der Waals surface area contributed by atoms with Gasteiger partial charge in [-0.1, -0.05) is 30.3 Å². The van der Waals surface area contributed by atoms with Gasteiger partial charge in [0.05, 0.1) is 19.3 Å². The lowest BCUT2D eigenvalue weighted by atomic mass is 9.76. The molecule has 22 heavy (non-hydrogen) atoms. The van der Waals surface area contributed by atoms with E-state index in [0.29, 0.717) is 11.5 Å². The summed E-state index contributed by atoms with van der Waals surface area (Å²) in [4.78, 5) is 2.62. The van der Waals surface area contributed by atoms with E-state index in [9.17, 15) is 0 Å². The van der Waals surface area contributed by atoms with Crippen LogP contribution < -0.4 is 0 Å². The average Bonchev–Trinajstić information content (AvgIpc) is 2.96. The van der Waals surface area contributed by atoms with Crippen LogP contribution in [-0.2, 0) is 15.9 Å². The molecule has 0 radical (unpaired) electrons. The quantitative estimate of drug-likeness (QED) is 0.806. The van der Waals surface area contributed by atoms with Crippen molar-refractivity contribution < 1.29 is 9.47 Å². The lowest BCUT2D eigenvalue weighted by Gasteiger charge is -2.38. The molecule has 0 N–H and O–H groups in total. The first kappa shape index (κ1) is 16.0. The van der Waals surface area contributed by atoms with Gasteiger partial charge in [0.15, 0.2) is 0 Å². The van der Waals surface area contributed by atoms with E-state index >= 15 is 0 Å². The number of rotatable bonds is 6. The van der Waals surface area contributed by atoms with Crippen LogP contribution in [-0.4, -0.2) is 50.5 Å². The minimum absolute atomic E-state index is 0.329. The van der Waals surface area contributed by atoms with Crippen LogP contribution in [0.1, 0.15) is 31.7 Å². The highest BCUT2D eigenvalue weighted by atomic mass is 16.5. The minimum Gasteiger partial charge on any atom is -0.379 e. The van der Waals surface area contributed by atoms with Crippen LogP contribution in [0.25, 0.3) is 0 Å². The third-order valence-corrected chi connectivity index (χ3v) is 5.27. The standard InChI is InChI=1S/C19H29NO2/c1-2-21-15-18-14-19(16-22-18)9-12-20(13-10-19)11-8-17-6-4-3-5-7-17/h3-7,18H,2,8-16H2,1H3/t18-/m0/s1. The fourth-order valence-corrected chi connectivity index (χ4v) is 3.78. The van der Waals surface area contributed by atoms with Crippen LogP contribution in [0.15, 0.2) is 30.3 Å². The summed E-state index contributed by atoms with van der Waals surface area (Å²) in [5.74, 6) is 0. The molecule has 3 rings (SSSR count). The van der Waals surface area contributed by atoms with Crippen molar-refractivity contribution >= 4 is 0 Å². The van der Waals surface area contributed by atoms with Gasteiger partial charge in [-0.2, -0.15) is 0 Å². The molecule has 2 fully saturated rings. The van der Waals surface area contributed by atoms with Gasteiger partial charge in [-0.25, -0.2) is 0 Å². The maximum Gasteiger partial charge on any atom is 0.0814 e. The van der Waals surface area contributed by atoms with Crippen molar-refractivity contribution in [2.24, 2.45) is 5.41 Å². The van der Waals surface area contributed by atoms with Crippen LogP contribution in [0.2, 0.25) is 0 Å². The van der Waals surface area contributed by atoms with Crippen molar-refractivity contribution in [1.82, 2.24) is 4.90 Å². The van der Waals surface area contributed by atoms with Gasteiger partial charge in [0.2, 0.25) is 0 Å². The molecule has 3 nitrogen and oxygen atoms in total. The Bertz CT molecular complexity index is 440. The summed E-state index contributed by atoms with van der Waals surface area (Å²) in [7, 11) is 0. The van der Waals surface area contributed by atoms with Crippen LogP contribution in [0.5, 0.6) is 0 Å². The van der Waals surface area contributed by atoms with E-state index in [1.54, 1.807) is 0 Å². The third kappa shape index (κ3) is 4.09. The summed E-state index contributed by atoms with van der Waals surface area (Å²) >= 11 is 0. The monoisotopic (exact) mass is 303 g/mol. The molecule has 0 unspecified atom stereocenters. The molecule has 1 atom stereocenters. The van der Waals surface area contributed by atoms with Gasteiger partial charge in [0.1, 0.15) is 0 Å². The Labute approximate surface area is 134 Å². The van der Waals surface area contributed by atoms with Crippen LogP contribution >= 0.6 is 0 Å². The molecule has 0 amide bonds. The van der Waals surface area contributed by atoms with Gasteiger partial charge in [0.25, 0.3) is 0 Å². The number of ether oxygens (including phenoxy) is 2. The SMILES string of the molecule is CCOC[C@@H]1CC2(CCN(CCc3ccccc3)CC2)CO1. The molecule has 3 heteroatoms. The number of nitrogens with zero attached hydrogens (tertiary/aromatic N) is 1. The number of benzene rings is 1. The Kier molecular flexibility index (Phi) is 5.51. The lowest BCUT2D eigenvalue weighted by molar-refractivity contribution is 0.0160. The second-order valence-corrected chi connectivity index (χ2v) is 6.87. The van der Waals surface area contributed by atoms with E-state index in [-0.39, 0.29) is 0 Å². The van der Waals surface area contributed by atoms with Crippen LogP contribution in [0.3, 0.4) is 0 Å². The molecule has 1 aromatic carbocycles. The molecule has 2 heterocycles. The van der Waals surface area contributed by atoms with Gasteiger partial charge in [0, 0.05) is 13.2 Å². The molecule has 1 aromatic rings. The fourth-order valence-electron chi connectivity index (χ4n) is 3.78. The Hall–Kier alpha value is -0.900. The number of piperidine rings is 1. The number of hydrogen-bond acceptors (Lipinski definition) is 3. The predicted molar refractivity (Wildman–Crippen MR) is 89.1 cm³/mol. The first-order chi connectivity index (χ1) is 10.8.